The minimum atomic E-state index is -0.698. The highest BCUT2D eigenvalue weighted by Gasteiger charge is 2.15. The summed E-state index contributed by atoms with van der Waals surface area (Å²) in [5.74, 6) is 0.514. The molecule has 0 aromatic heterocycles. The van der Waals surface area contributed by atoms with Gasteiger partial charge >= 0.3 is 6.09 Å². The van der Waals surface area contributed by atoms with Crippen molar-refractivity contribution in [3.8, 4) is 5.75 Å². The highest BCUT2D eigenvalue weighted by Crippen LogP contribution is 2.23. The van der Waals surface area contributed by atoms with Crippen molar-refractivity contribution < 1.29 is 14.3 Å². The Morgan fingerprint density at radius 2 is 1.86 bits per heavy atom. The number of carbonyl (C=O) groups is 1. The summed E-state index contributed by atoms with van der Waals surface area (Å²) >= 11 is 11.7. The molecule has 0 saturated carbocycles. The number of amidine groups is 1. The summed E-state index contributed by atoms with van der Waals surface area (Å²) in [5.41, 5.74) is 7.16. The molecular formula is C13H17Cl2N3O3. The monoisotopic (exact) mass is 333 g/mol. The first-order valence-corrected chi connectivity index (χ1v) is 6.81. The van der Waals surface area contributed by atoms with E-state index in [1.165, 1.54) is 0 Å². The molecule has 0 aliphatic carbocycles. The number of carbonyl (C=O) groups excluding carboxylic acids is 1. The summed E-state index contributed by atoms with van der Waals surface area (Å²) in [6.45, 7) is 5.19. The van der Waals surface area contributed by atoms with Gasteiger partial charge in [0.15, 0.2) is 5.84 Å². The first-order valence-electron chi connectivity index (χ1n) is 6.05. The summed E-state index contributed by atoms with van der Waals surface area (Å²) in [7, 11) is 0. The fourth-order valence-electron chi connectivity index (χ4n) is 1.22. The molecule has 0 aliphatic rings. The van der Waals surface area contributed by atoms with Gasteiger partial charge in [0.05, 0.1) is 0 Å². The minimum absolute atomic E-state index is 0.0352. The Kier molecular flexibility index (Phi) is 6.11. The fourth-order valence-corrected chi connectivity index (χ4v) is 1.73. The Bertz CT molecular complexity index is 522. The molecule has 6 nitrogen and oxygen atoms in total. The summed E-state index contributed by atoms with van der Waals surface area (Å²) in [6, 6.07) is 4.75. The fraction of sp³-hybridized carbons (Fsp3) is 0.385. The molecule has 0 unspecified atom stereocenters. The second kappa shape index (κ2) is 7.38. The zero-order valence-corrected chi connectivity index (χ0v) is 13.5. The van der Waals surface area contributed by atoms with Crippen LogP contribution in [0, 0.1) is 0 Å². The molecule has 1 aromatic rings. The number of hydrazone groups is 1. The van der Waals surface area contributed by atoms with Crippen LogP contribution < -0.4 is 15.9 Å². The molecule has 8 heteroatoms. The van der Waals surface area contributed by atoms with Gasteiger partial charge < -0.3 is 15.2 Å². The third-order valence-electron chi connectivity index (χ3n) is 1.91. The van der Waals surface area contributed by atoms with Gasteiger partial charge in [0.1, 0.15) is 18.0 Å². The average Bonchev–Trinajstić information content (AvgIpc) is 2.30. The lowest BCUT2D eigenvalue weighted by Gasteiger charge is -2.18. The number of nitrogens with zero attached hydrogens (tertiary/aromatic N) is 1. The van der Waals surface area contributed by atoms with E-state index in [4.69, 9.17) is 38.4 Å². The second-order valence-corrected chi connectivity index (χ2v) is 5.98. The van der Waals surface area contributed by atoms with Crippen LogP contribution in [-0.4, -0.2) is 24.1 Å². The van der Waals surface area contributed by atoms with Gasteiger partial charge in [-0.15, -0.1) is 0 Å². The molecule has 0 radical (unpaired) electrons. The van der Waals surface area contributed by atoms with Crippen LogP contribution in [0.2, 0.25) is 10.0 Å². The maximum absolute atomic E-state index is 11.4. The van der Waals surface area contributed by atoms with Gasteiger partial charge in [-0.2, -0.15) is 5.10 Å². The van der Waals surface area contributed by atoms with Crippen LogP contribution in [-0.2, 0) is 4.74 Å². The summed E-state index contributed by atoms with van der Waals surface area (Å²) in [4.78, 5) is 11.4. The van der Waals surface area contributed by atoms with Crippen molar-refractivity contribution in [3.05, 3.63) is 28.2 Å². The minimum Gasteiger partial charge on any atom is -0.486 e. The number of amides is 1. The molecule has 1 amide bonds. The Balaban J connectivity index is 2.47. The van der Waals surface area contributed by atoms with Crippen LogP contribution in [0.1, 0.15) is 20.8 Å². The van der Waals surface area contributed by atoms with Gasteiger partial charge in [-0.05, 0) is 39.0 Å². The predicted octanol–water partition coefficient (Wildman–Crippen LogP) is 3.17. The van der Waals surface area contributed by atoms with Gasteiger partial charge in [0.2, 0.25) is 0 Å². The molecule has 0 atom stereocenters. The Hall–Kier alpha value is -1.66. The number of benzene rings is 1. The lowest BCUT2D eigenvalue weighted by Crippen LogP contribution is -2.32. The molecule has 3 N–H and O–H groups in total. The smallest absolute Gasteiger partial charge is 0.428 e. The van der Waals surface area contributed by atoms with Crippen LogP contribution in [0.5, 0.6) is 5.75 Å². The van der Waals surface area contributed by atoms with Gasteiger partial charge in [0, 0.05) is 10.0 Å². The van der Waals surface area contributed by atoms with E-state index in [1.807, 2.05) is 0 Å². The largest absolute Gasteiger partial charge is 0.486 e. The predicted molar refractivity (Wildman–Crippen MR) is 82.9 cm³/mol. The third-order valence-corrected chi connectivity index (χ3v) is 2.35. The van der Waals surface area contributed by atoms with Crippen LogP contribution in [0.3, 0.4) is 0 Å². The molecule has 1 rings (SSSR count). The Morgan fingerprint density at radius 3 is 2.38 bits per heavy atom. The zero-order chi connectivity index (χ0) is 16.0. The number of nitrogens with two attached hydrogens (primary N) is 1. The normalized spacial score (nSPS) is 12.0. The van der Waals surface area contributed by atoms with Gasteiger partial charge in [0.25, 0.3) is 0 Å². The number of nitrogens with one attached hydrogen (secondary N) is 1. The summed E-state index contributed by atoms with van der Waals surface area (Å²) < 4.78 is 10.3. The quantitative estimate of drug-likeness (QED) is 0.503. The second-order valence-electron chi connectivity index (χ2n) is 5.11. The Morgan fingerprint density at radius 1 is 1.29 bits per heavy atom. The van der Waals surface area contributed by atoms with Gasteiger partial charge in [-0.1, -0.05) is 23.2 Å². The van der Waals surface area contributed by atoms with Crippen molar-refractivity contribution in [2.24, 2.45) is 10.8 Å². The molecule has 0 spiro atoms. The van der Waals surface area contributed by atoms with E-state index >= 15 is 0 Å². The molecule has 0 aliphatic heterocycles. The van der Waals surface area contributed by atoms with Crippen LogP contribution in [0.4, 0.5) is 4.79 Å². The highest BCUT2D eigenvalue weighted by atomic mass is 35.5. The summed E-state index contributed by atoms with van der Waals surface area (Å²) in [6.07, 6.45) is -0.698. The number of halogens is 2. The first-order chi connectivity index (χ1) is 9.65. The van der Waals surface area contributed by atoms with E-state index in [0.717, 1.165) is 0 Å². The SMILES string of the molecule is CC(C)(C)OC(=O)N/N=C(\N)COc1cc(Cl)cc(Cl)c1. The van der Waals surface area contributed by atoms with Crippen LogP contribution >= 0.6 is 23.2 Å². The molecule has 0 fully saturated rings. The maximum atomic E-state index is 11.4. The standard InChI is InChI=1S/C13H17Cl2N3O3/c1-13(2,3)21-12(19)18-17-11(16)7-20-10-5-8(14)4-9(15)6-10/h4-6H,7H2,1-3H3,(H2,16,17)(H,18,19). The number of hydrogen-bond acceptors (Lipinski definition) is 4. The maximum Gasteiger partial charge on any atom is 0.428 e. The van der Waals surface area contributed by atoms with Crippen molar-refractivity contribution in [2.75, 3.05) is 6.61 Å². The molecule has 1 aromatic carbocycles. The van der Waals surface area contributed by atoms with Crippen LogP contribution in [0.15, 0.2) is 23.3 Å². The van der Waals surface area contributed by atoms with E-state index in [-0.39, 0.29) is 12.4 Å². The summed E-state index contributed by atoms with van der Waals surface area (Å²) in [5, 5.41) is 4.54. The average molecular weight is 334 g/mol. The van der Waals surface area contributed by atoms with E-state index in [1.54, 1.807) is 39.0 Å². The lowest BCUT2D eigenvalue weighted by molar-refractivity contribution is 0.0529. The van der Waals surface area contributed by atoms with E-state index in [0.29, 0.717) is 15.8 Å². The third kappa shape index (κ3) is 7.63. The van der Waals surface area contributed by atoms with Crippen molar-refractivity contribution in [1.82, 2.24) is 5.43 Å². The zero-order valence-electron chi connectivity index (χ0n) is 11.9. The topological polar surface area (TPSA) is 85.9 Å². The van der Waals surface area contributed by atoms with Crippen molar-refractivity contribution in [1.29, 1.82) is 0 Å². The lowest BCUT2D eigenvalue weighted by atomic mass is 10.2. The molecule has 0 saturated heterocycles. The molecule has 116 valence electrons. The first kappa shape index (κ1) is 17.4. The van der Waals surface area contributed by atoms with Crippen LogP contribution in [0.25, 0.3) is 0 Å². The number of ether oxygens (including phenoxy) is 2. The molecule has 21 heavy (non-hydrogen) atoms. The molecular weight excluding hydrogens is 317 g/mol. The number of hydrogen-bond donors (Lipinski definition) is 2. The molecule has 0 heterocycles. The van der Waals surface area contributed by atoms with Gasteiger partial charge in [-0.25, -0.2) is 10.2 Å². The van der Waals surface area contributed by atoms with Gasteiger partial charge in [-0.3, -0.25) is 0 Å². The Labute approximate surface area is 133 Å². The number of rotatable bonds is 4. The van der Waals surface area contributed by atoms with Crippen molar-refractivity contribution in [2.45, 2.75) is 26.4 Å². The van der Waals surface area contributed by atoms with E-state index in [2.05, 4.69) is 10.5 Å². The van der Waals surface area contributed by atoms with Crippen molar-refractivity contribution in [3.63, 3.8) is 0 Å². The highest BCUT2D eigenvalue weighted by molar-refractivity contribution is 6.34. The molecule has 0 bridgehead atoms. The van der Waals surface area contributed by atoms with E-state index in [9.17, 15) is 4.79 Å². The van der Waals surface area contributed by atoms with E-state index < -0.39 is 11.7 Å². The van der Waals surface area contributed by atoms with Crippen molar-refractivity contribution >= 4 is 35.1 Å².